The summed E-state index contributed by atoms with van der Waals surface area (Å²) in [7, 11) is 0. The van der Waals surface area contributed by atoms with Crippen molar-refractivity contribution in [2.24, 2.45) is 0 Å². The monoisotopic (exact) mass is 251 g/mol. The van der Waals surface area contributed by atoms with Gasteiger partial charge in [0.2, 0.25) is 0 Å². The molecule has 0 aliphatic carbocycles. The Morgan fingerprint density at radius 2 is 2.44 bits per heavy atom. The molecule has 0 radical (unpaired) electrons. The number of carboxylic acid groups (broad SMARTS) is 1. The standard InChI is InChI=1S/C12H17N3O3/c1-7(10-3-2-6-18-10)14-11-8(13)4-5-9(15-11)12(16)17/h4-5,7,10H,2-3,6,13H2,1H3,(H,14,15)(H,16,17). The van der Waals surface area contributed by atoms with E-state index in [1.54, 1.807) is 6.07 Å². The summed E-state index contributed by atoms with van der Waals surface area (Å²) in [5.74, 6) is -0.666. The van der Waals surface area contributed by atoms with Crippen LogP contribution in [0, 0.1) is 0 Å². The summed E-state index contributed by atoms with van der Waals surface area (Å²) < 4.78 is 5.56. The van der Waals surface area contributed by atoms with Crippen molar-refractivity contribution < 1.29 is 14.6 Å². The molecule has 2 rings (SSSR count). The maximum atomic E-state index is 10.9. The molecule has 6 nitrogen and oxygen atoms in total. The van der Waals surface area contributed by atoms with E-state index in [2.05, 4.69) is 10.3 Å². The van der Waals surface area contributed by atoms with Crippen LogP contribution < -0.4 is 11.1 Å². The molecule has 0 spiro atoms. The SMILES string of the molecule is CC(Nc1nc(C(=O)O)ccc1N)C1CCCO1. The Balaban J connectivity index is 2.12. The van der Waals surface area contributed by atoms with Gasteiger partial charge in [-0.25, -0.2) is 9.78 Å². The van der Waals surface area contributed by atoms with Crippen LogP contribution in [0.15, 0.2) is 12.1 Å². The number of nitrogen functional groups attached to an aromatic ring is 1. The largest absolute Gasteiger partial charge is 0.477 e. The Hall–Kier alpha value is -1.82. The predicted molar refractivity (Wildman–Crippen MR) is 67.7 cm³/mol. The maximum Gasteiger partial charge on any atom is 0.354 e. The molecule has 1 aliphatic rings. The van der Waals surface area contributed by atoms with Crippen LogP contribution in [0.1, 0.15) is 30.3 Å². The number of nitrogens with two attached hydrogens (primary N) is 1. The molecule has 1 aliphatic heterocycles. The number of ether oxygens (including phenoxy) is 1. The van der Waals surface area contributed by atoms with Crippen LogP contribution in [0.4, 0.5) is 11.5 Å². The Labute approximate surface area is 105 Å². The second-order valence-electron chi connectivity index (χ2n) is 4.42. The van der Waals surface area contributed by atoms with Crippen molar-refractivity contribution >= 4 is 17.5 Å². The molecule has 0 amide bonds. The van der Waals surface area contributed by atoms with Gasteiger partial charge in [-0.2, -0.15) is 0 Å². The Bertz CT molecular complexity index is 444. The van der Waals surface area contributed by atoms with E-state index in [4.69, 9.17) is 15.6 Å². The number of carboxylic acids is 1. The molecule has 2 heterocycles. The fourth-order valence-corrected chi connectivity index (χ4v) is 2.01. The van der Waals surface area contributed by atoms with Crippen LogP contribution >= 0.6 is 0 Å². The first-order valence-corrected chi connectivity index (χ1v) is 5.96. The fraction of sp³-hybridized carbons (Fsp3) is 0.500. The molecular weight excluding hydrogens is 234 g/mol. The number of aromatic carboxylic acids is 1. The zero-order valence-corrected chi connectivity index (χ0v) is 10.2. The van der Waals surface area contributed by atoms with Crippen molar-refractivity contribution in [3.63, 3.8) is 0 Å². The van der Waals surface area contributed by atoms with Gasteiger partial charge in [0.05, 0.1) is 17.8 Å². The molecule has 4 N–H and O–H groups in total. The lowest BCUT2D eigenvalue weighted by Crippen LogP contribution is -2.31. The van der Waals surface area contributed by atoms with Crippen LogP contribution in [0.2, 0.25) is 0 Å². The topological polar surface area (TPSA) is 97.5 Å². The van der Waals surface area contributed by atoms with Gasteiger partial charge in [-0.15, -0.1) is 0 Å². The van der Waals surface area contributed by atoms with Gasteiger partial charge in [-0.05, 0) is 31.9 Å². The van der Waals surface area contributed by atoms with E-state index in [0.717, 1.165) is 19.4 Å². The van der Waals surface area contributed by atoms with E-state index in [9.17, 15) is 4.79 Å². The normalized spacial score (nSPS) is 20.6. The van der Waals surface area contributed by atoms with E-state index in [0.29, 0.717) is 11.5 Å². The average Bonchev–Trinajstić information content (AvgIpc) is 2.85. The third-order valence-electron chi connectivity index (χ3n) is 3.03. The average molecular weight is 251 g/mol. The summed E-state index contributed by atoms with van der Waals surface area (Å²) in [5.41, 5.74) is 6.19. The van der Waals surface area contributed by atoms with Crippen LogP contribution in [-0.2, 0) is 4.74 Å². The third kappa shape index (κ3) is 2.70. The minimum absolute atomic E-state index is 0.0220. The van der Waals surface area contributed by atoms with Gasteiger partial charge in [0.15, 0.2) is 11.5 Å². The Kier molecular flexibility index (Phi) is 3.66. The fourth-order valence-electron chi connectivity index (χ4n) is 2.01. The first-order valence-electron chi connectivity index (χ1n) is 5.96. The second-order valence-corrected chi connectivity index (χ2v) is 4.42. The van der Waals surface area contributed by atoms with Crippen molar-refractivity contribution in [1.29, 1.82) is 0 Å². The first kappa shape index (κ1) is 12.6. The highest BCUT2D eigenvalue weighted by Gasteiger charge is 2.23. The molecule has 18 heavy (non-hydrogen) atoms. The summed E-state index contributed by atoms with van der Waals surface area (Å²) in [6.45, 7) is 2.75. The van der Waals surface area contributed by atoms with E-state index in [-0.39, 0.29) is 17.8 Å². The highest BCUT2D eigenvalue weighted by Crippen LogP contribution is 2.21. The van der Waals surface area contributed by atoms with Gasteiger partial charge in [0.1, 0.15) is 0 Å². The summed E-state index contributed by atoms with van der Waals surface area (Å²) in [5, 5.41) is 12.0. The minimum atomic E-state index is -1.07. The number of nitrogens with one attached hydrogen (secondary N) is 1. The molecule has 0 aromatic carbocycles. The van der Waals surface area contributed by atoms with Gasteiger partial charge in [-0.3, -0.25) is 0 Å². The zero-order chi connectivity index (χ0) is 13.1. The second kappa shape index (κ2) is 5.22. The minimum Gasteiger partial charge on any atom is -0.477 e. The highest BCUT2D eigenvalue weighted by atomic mass is 16.5. The van der Waals surface area contributed by atoms with Crippen LogP contribution in [0.25, 0.3) is 0 Å². The first-order chi connectivity index (χ1) is 8.58. The molecule has 2 unspecified atom stereocenters. The van der Waals surface area contributed by atoms with Gasteiger partial charge < -0.3 is 20.9 Å². The number of hydrogen-bond donors (Lipinski definition) is 3. The van der Waals surface area contributed by atoms with Gasteiger partial charge in [-0.1, -0.05) is 0 Å². The third-order valence-corrected chi connectivity index (χ3v) is 3.03. The highest BCUT2D eigenvalue weighted by molar-refractivity contribution is 5.86. The van der Waals surface area contributed by atoms with Crippen molar-refractivity contribution in [3.05, 3.63) is 17.8 Å². The Morgan fingerprint density at radius 1 is 1.67 bits per heavy atom. The summed E-state index contributed by atoms with van der Waals surface area (Å²) in [6.07, 6.45) is 2.17. The quantitative estimate of drug-likeness (QED) is 0.747. The smallest absolute Gasteiger partial charge is 0.354 e. The van der Waals surface area contributed by atoms with Crippen LogP contribution in [0.5, 0.6) is 0 Å². The molecule has 6 heteroatoms. The molecule has 1 saturated heterocycles. The van der Waals surface area contributed by atoms with Crippen molar-refractivity contribution in [2.75, 3.05) is 17.7 Å². The molecule has 1 aromatic rings. The van der Waals surface area contributed by atoms with Crippen LogP contribution in [-0.4, -0.2) is 34.8 Å². The molecule has 1 fully saturated rings. The van der Waals surface area contributed by atoms with E-state index in [1.165, 1.54) is 6.07 Å². The lowest BCUT2D eigenvalue weighted by atomic mass is 10.1. The number of aromatic nitrogens is 1. The van der Waals surface area contributed by atoms with Crippen LogP contribution in [0.3, 0.4) is 0 Å². The van der Waals surface area contributed by atoms with Crippen molar-refractivity contribution in [3.8, 4) is 0 Å². The maximum absolute atomic E-state index is 10.9. The van der Waals surface area contributed by atoms with E-state index < -0.39 is 5.97 Å². The lowest BCUT2D eigenvalue weighted by Gasteiger charge is -2.21. The molecular formula is C12H17N3O3. The van der Waals surface area contributed by atoms with Gasteiger partial charge >= 0.3 is 5.97 Å². The Morgan fingerprint density at radius 3 is 3.06 bits per heavy atom. The van der Waals surface area contributed by atoms with Gasteiger partial charge in [0.25, 0.3) is 0 Å². The number of anilines is 2. The number of rotatable bonds is 4. The van der Waals surface area contributed by atoms with E-state index in [1.807, 2.05) is 6.92 Å². The number of carbonyl (C=O) groups is 1. The van der Waals surface area contributed by atoms with E-state index >= 15 is 0 Å². The number of nitrogens with zero attached hydrogens (tertiary/aromatic N) is 1. The van der Waals surface area contributed by atoms with Gasteiger partial charge in [0, 0.05) is 6.61 Å². The van der Waals surface area contributed by atoms with Crippen molar-refractivity contribution in [1.82, 2.24) is 4.98 Å². The zero-order valence-electron chi connectivity index (χ0n) is 10.2. The molecule has 98 valence electrons. The van der Waals surface area contributed by atoms with Crippen molar-refractivity contribution in [2.45, 2.75) is 31.9 Å². The number of hydrogen-bond acceptors (Lipinski definition) is 5. The molecule has 0 saturated carbocycles. The predicted octanol–water partition coefficient (Wildman–Crippen LogP) is 1.34. The summed E-state index contributed by atoms with van der Waals surface area (Å²) in [6, 6.07) is 2.98. The summed E-state index contributed by atoms with van der Waals surface area (Å²) >= 11 is 0. The molecule has 0 bridgehead atoms. The molecule has 2 atom stereocenters. The summed E-state index contributed by atoms with van der Waals surface area (Å²) in [4.78, 5) is 14.8. The molecule has 1 aromatic heterocycles. The lowest BCUT2D eigenvalue weighted by molar-refractivity contribution is 0.0690. The number of pyridine rings is 1.